The van der Waals surface area contributed by atoms with Gasteiger partial charge in [-0.2, -0.15) is 13.2 Å². The summed E-state index contributed by atoms with van der Waals surface area (Å²) in [4.78, 5) is 0. The molecule has 1 rings (SSSR count). The molecule has 16 heavy (non-hydrogen) atoms. The Morgan fingerprint density at radius 3 is 2.19 bits per heavy atom. The maximum absolute atomic E-state index is 12.2. The van der Waals surface area contributed by atoms with Crippen LogP contribution in [0.3, 0.4) is 0 Å². The van der Waals surface area contributed by atoms with Crippen molar-refractivity contribution in [2.75, 3.05) is 12.2 Å². The first kappa shape index (κ1) is 13.0. The van der Waals surface area contributed by atoms with Gasteiger partial charge >= 0.3 is 13.8 Å². The van der Waals surface area contributed by atoms with Gasteiger partial charge < -0.3 is 9.61 Å². The molecule has 1 atom stereocenters. The fraction of sp³-hybridized carbons (Fsp3) is 0.250. The summed E-state index contributed by atoms with van der Waals surface area (Å²) in [6.45, 7) is 0. The van der Waals surface area contributed by atoms with E-state index < -0.39 is 19.4 Å². The van der Waals surface area contributed by atoms with Crippen molar-refractivity contribution in [3.63, 3.8) is 0 Å². The number of anilines is 1. The van der Waals surface area contributed by atoms with Crippen molar-refractivity contribution in [1.82, 2.24) is 0 Å². The Morgan fingerprint density at radius 2 is 1.81 bits per heavy atom. The van der Waals surface area contributed by atoms with Crippen LogP contribution < -0.4 is 10.6 Å². The van der Waals surface area contributed by atoms with Crippen LogP contribution in [0.4, 0.5) is 18.9 Å². The molecule has 1 unspecified atom stereocenters. The van der Waals surface area contributed by atoms with Crippen molar-refractivity contribution in [3.8, 4) is 0 Å². The van der Waals surface area contributed by atoms with Crippen LogP contribution >= 0.6 is 7.67 Å². The number of halogens is 3. The number of nitrogens with two attached hydrogens (primary N) is 1. The first-order chi connectivity index (χ1) is 7.24. The highest BCUT2D eigenvalue weighted by atomic mass is 31.2. The topological polar surface area (TPSA) is 64.3 Å². The Labute approximate surface area is 90.1 Å². The van der Waals surface area contributed by atoms with E-state index in [9.17, 15) is 17.7 Å². The number of hydrogen-bond donors (Lipinski definition) is 2. The van der Waals surface area contributed by atoms with E-state index in [2.05, 4.69) is 9.61 Å². The Kier molecular flexibility index (Phi) is 3.62. The minimum absolute atomic E-state index is 0.195. The molecule has 1 aromatic rings. The Hall–Kier alpha value is -1.04. The van der Waals surface area contributed by atoms with E-state index in [1.54, 1.807) is 0 Å². The lowest BCUT2D eigenvalue weighted by Gasteiger charge is -2.13. The van der Waals surface area contributed by atoms with Crippen LogP contribution in [0, 0.1) is 0 Å². The average Bonchev–Trinajstić information content (AvgIpc) is 2.16. The first-order valence-corrected chi connectivity index (χ1v) is 5.84. The number of rotatable bonds is 3. The van der Waals surface area contributed by atoms with Crippen molar-refractivity contribution in [2.45, 2.75) is 6.18 Å². The number of hydrogen-bond acceptors (Lipinski definition) is 2. The molecule has 0 bridgehead atoms. The second kappa shape index (κ2) is 4.45. The molecular weight excluding hydrogens is 244 g/mol. The van der Waals surface area contributed by atoms with E-state index in [4.69, 9.17) is 5.50 Å². The van der Waals surface area contributed by atoms with Gasteiger partial charge in [-0.1, -0.05) is 0 Å². The van der Waals surface area contributed by atoms with E-state index in [1.165, 1.54) is 0 Å². The Bertz CT molecular complexity index is 405. The third kappa shape index (κ3) is 3.52. The summed E-state index contributed by atoms with van der Waals surface area (Å²) in [6.07, 6.45) is -4.40. The molecular formula is C8H10F3N2O2P. The van der Waals surface area contributed by atoms with E-state index >= 15 is 0 Å². The second-order valence-electron chi connectivity index (χ2n) is 2.97. The summed E-state index contributed by atoms with van der Waals surface area (Å²) in [6, 6.07) is 3.97. The Balaban J connectivity index is 2.84. The molecule has 4 nitrogen and oxygen atoms in total. The minimum atomic E-state index is -4.40. The smallest absolute Gasteiger partial charge is 0.305 e. The summed E-state index contributed by atoms with van der Waals surface area (Å²) in [7, 11) is -2.35. The standard InChI is InChI=1S/C8H10F3N2O2P/c1-15-16(12,14)13-7-4-2-6(3-5-7)8(9,10)11/h2-5H,1H3,(H3,12,13,14). The van der Waals surface area contributed by atoms with Crippen LogP contribution in [0.2, 0.25) is 0 Å². The van der Waals surface area contributed by atoms with Crippen LogP contribution in [0.1, 0.15) is 5.56 Å². The summed E-state index contributed by atoms with van der Waals surface area (Å²) >= 11 is 0. The number of alkyl halides is 3. The monoisotopic (exact) mass is 254 g/mol. The molecule has 0 fully saturated rings. The van der Waals surface area contributed by atoms with Gasteiger partial charge in [0, 0.05) is 12.8 Å². The molecule has 90 valence electrons. The fourth-order valence-electron chi connectivity index (χ4n) is 0.959. The number of benzene rings is 1. The first-order valence-electron chi connectivity index (χ1n) is 4.14. The summed E-state index contributed by atoms with van der Waals surface area (Å²) in [5.74, 6) is 0. The largest absolute Gasteiger partial charge is 0.416 e. The van der Waals surface area contributed by atoms with Crippen LogP contribution in [0.5, 0.6) is 0 Å². The molecule has 0 saturated carbocycles. The quantitative estimate of drug-likeness (QED) is 0.814. The van der Waals surface area contributed by atoms with Gasteiger partial charge in [0.15, 0.2) is 0 Å². The molecule has 0 aliphatic carbocycles. The Morgan fingerprint density at radius 1 is 1.31 bits per heavy atom. The second-order valence-corrected chi connectivity index (χ2v) is 4.75. The van der Waals surface area contributed by atoms with Crippen LogP contribution in [-0.2, 0) is 15.3 Å². The van der Waals surface area contributed by atoms with Gasteiger partial charge in [0.2, 0.25) is 0 Å². The van der Waals surface area contributed by atoms with Gasteiger partial charge in [-0.15, -0.1) is 0 Å². The van der Waals surface area contributed by atoms with E-state index in [1.807, 2.05) is 0 Å². The van der Waals surface area contributed by atoms with E-state index in [-0.39, 0.29) is 5.69 Å². The van der Waals surface area contributed by atoms with Crippen LogP contribution in [0.25, 0.3) is 0 Å². The van der Waals surface area contributed by atoms with Crippen molar-refractivity contribution >= 4 is 13.4 Å². The molecule has 0 heterocycles. The molecule has 3 N–H and O–H groups in total. The van der Waals surface area contributed by atoms with Crippen molar-refractivity contribution < 1.29 is 22.3 Å². The van der Waals surface area contributed by atoms with Crippen LogP contribution in [0.15, 0.2) is 24.3 Å². The molecule has 0 amide bonds. The summed E-state index contributed by atoms with van der Waals surface area (Å²) in [5, 5.41) is 2.29. The zero-order valence-corrected chi connectivity index (χ0v) is 9.18. The van der Waals surface area contributed by atoms with Gasteiger partial charge in [0.05, 0.1) is 5.56 Å². The molecule has 0 aliphatic heterocycles. The van der Waals surface area contributed by atoms with E-state index in [0.29, 0.717) is 0 Å². The predicted octanol–water partition coefficient (Wildman–Crippen LogP) is 2.83. The molecule has 0 saturated heterocycles. The number of nitrogens with one attached hydrogen (secondary N) is 1. The molecule has 0 spiro atoms. The summed E-state index contributed by atoms with van der Waals surface area (Å²) in [5.41, 5.74) is 4.58. The molecule has 8 heteroatoms. The normalized spacial score (nSPS) is 15.6. The maximum atomic E-state index is 12.2. The van der Waals surface area contributed by atoms with Gasteiger partial charge in [-0.05, 0) is 24.3 Å². The fourth-order valence-corrected chi connectivity index (χ4v) is 1.56. The lowest BCUT2D eigenvalue weighted by Crippen LogP contribution is -2.08. The predicted molar refractivity (Wildman–Crippen MR) is 53.9 cm³/mol. The molecule has 0 aromatic heterocycles. The van der Waals surface area contributed by atoms with Gasteiger partial charge in [0.25, 0.3) is 0 Å². The van der Waals surface area contributed by atoms with Crippen molar-refractivity contribution in [1.29, 1.82) is 0 Å². The molecule has 0 radical (unpaired) electrons. The average molecular weight is 254 g/mol. The van der Waals surface area contributed by atoms with Gasteiger partial charge in [-0.3, -0.25) is 0 Å². The lowest BCUT2D eigenvalue weighted by molar-refractivity contribution is -0.137. The zero-order chi connectivity index (χ0) is 12.4. The van der Waals surface area contributed by atoms with Gasteiger partial charge in [0.1, 0.15) is 0 Å². The third-order valence-corrected chi connectivity index (χ3v) is 2.88. The SMILES string of the molecule is COP(N)(=O)Nc1ccc(C(F)(F)F)cc1. The molecule has 1 aromatic carbocycles. The van der Waals surface area contributed by atoms with Crippen molar-refractivity contribution in [2.24, 2.45) is 5.50 Å². The van der Waals surface area contributed by atoms with Gasteiger partial charge in [-0.25, -0.2) is 10.1 Å². The highest BCUT2D eigenvalue weighted by Gasteiger charge is 2.30. The zero-order valence-electron chi connectivity index (χ0n) is 8.28. The maximum Gasteiger partial charge on any atom is 0.416 e. The van der Waals surface area contributed by atoms with Crippen LogP contribution in [-0.4, -0.2) is 7.11 Å². The highest BCUT2D eigenvalue weighted by Crippen LogP contribution is 2.37. The third-order valence-electron chi connectivity index (χ3n) is 1.77. The minimum Gasteiger partial charge on any atom is -0.305 e. The molecule has 0 aliphatic rings. The van der Waals surface area contributed by atoms with Crippen molar-refractivity contribution in [3.05, 3.63) is 29.8 Å². The summed E-state index contributed by atoms with van der Waals surface area (Å²) < 4.78 is 52.3. The highest BCUT2D eigenvalue weighted by molar-refractivity contribution is 7.58. The van der Waals surface area contributed by atoms with E-state index in [0.717, 1.165) is 31.4 Å². The lowest BCUT2D eigenvalue weighted by atomic mass is 10.2.